The van der Waals surface area contributed by atoms with Crippen LogP contribution < -0.4 is 0 Å². The summed E-state index contributed by atoms with van der Waals surface area (Å²) in [5.74, 6) is -0.370. The standard InChI is InChI=1S/C14H10BrCl2FO/c15-9-4-5-12(18)8(6-9)7-13(19)14-10(16)2-1-3-11(14)17/h1-6,13,19H,7H2. The second-order valence-corrected chi connectivity index (χ2v) is 5.82. The molecular formula is C14H10BrCl2FO. The van der Waals surface area contributed by atoms with Crippen LogP contribution in [0.25, 0.3) is 0 Å². The molecule has 0 spiro atoms. The van der Waals surface area contributed by atoms with Crippen molar-refractivity contribution < 1.29 is 9.50 Å². The van der Waals surface area contributed by atoms with Gasteiger partial charge in [0.15, 0.2) is 0 Å². The lowest BCUT2D eigenvalue weighted by molar-refractivity contribution is 0.177. The number of aliphatic hydroxyl groups excluding tert-OH is 1. The molecule has 100 valence electrons. The van der Waals surface area contributed by atoms with Crippen LogP contribution in [0.4, 0.5) is 4.39 Å². The quantitative estimate of drug-likeness (QED) is 0.797. The summed E-state index contributed by atoms with van der Waals surface area (Å²) in [4.78, 5) is 0. The fraction of sp³-hybridized carbons (Fsp3) is 0.143. The molecule has 0 radical (unpaired) electrons. The van der Waals surface area contributed by atoms with Gasteiger partial charge in [-0.3, -0.25) is 0 Å². The van der Waals surface area contributed by atoms with Gasteiger partial charge in [-0.2, -0.15) is 0 Å². The molecule has 0 saturated carbocycles. The topological polar surface area (TPSA) is 20.2 Å². The summed E-state index contributed by atoms with van der Waals surface area (Å²) >= 11 is 15.3. The first-order valence-corrected chi connectivity index (χ1v) is 7.10. The molecule has 1 N–H and O–H groups in total. The highest BCUT2D eigenvalue weighted by molar-refractivity contribution is 9.10. The van der Waals surface area contributed by atoms with E-state index in [0.717, 1.165) is 4.47 Å². The van der Waals surface area contributed by atoms with E-state index in [0.29, 0.717) is 21.2 Å². The molecule has 1 unspecified atom stereocenters. The maximum atomic E-state index is 13.6. The fourth-order valence-electron chi connectivity index (χ4n) is 1.84. The van der Waals surface area contributed by atoms with E-state index in [4.69, 9.17) is 23.2 Å². The molecule has 0 aromatic heterocycles. The van der Waals surface area contributed by atoms with E-state index < -0.39 is 6.10 Å². The van der Waals surface area contributed by atoms with Crippen molar-refractivity contribution in [3.05, 3.63) is 67.9 Å². The molecule has 0 bridgehead atoms. The summed E-state index contributed by atoms with van der Waals surface area (Å²) in [6, 6.07) is 9.56. The number of benzene rings is 2. The number of rotatable bonds is 3. The van der Waals surface area contributed by atoms with Crippen molar-refractivity contribution in [3.63, 3.8) is 0 Å². The van der Waals surface area contributed by atoms with Crippen molar-refractivity contribution in [2.24, 2.45) is 0 Å². The van der Waals surface area contributed by atoms with Crippen molar-refractivity contribution in [2.75, 3.05) is 0 Å². The van der Waals surface area contributed by atoms with E-state index in [9.17, 15) is 9.50 Å². The van der Waals surface area contributed by atoms with Crippen molar-refractivity contribution in [3.8, 4) is 0 Å². The van der Waals surface area contributed by atoms with Crippen molar-refractivity contribution in [1.82, 2.24) is 0 Å². The van der Waals surface area contributed by atoms with Gasteiger partial charge in [0.05, 0.1) is 6.10 Å². The zero-order valence-corrected chi connectivity index (χ0v) is 12.8. The Balaban J connectivity index is 2.31. The Labute approximate surface area is 129 Å². The second kappa shape index (κ2) is 6.23. The predicted octanol–water partition coefficient (Wildman–Crippen LogP) is 5.17. The summed E-state index contributed by atoms with van der Waals surface area (Å²) < 4.78 is 14.4. The lowest BCUT2D eigenvalue weighted by atomic mass is 10.0. The van der Waals surface area contributed by atoms with Gasteiger partial charge in [0.1, 0.15) is 5.82 Å². The minimum Gasteiger partial charge on any atom is -0.388 e. The van der Waals surface area contributed by atoms with Gasteiger partial charge in [-0.05, 0) is 35.9 Å². The van der Waals surface area contributed by atoms with E-state index in [1.165, 1.54) is 6.07 Å². The molecule has 0 saturated heterocycles. The van der Waals surface area contributed by atoms with E-state index in [1.54, 1.807) is 30.3 Å². The van der Waals surface area contributed by atoms with Gasteiger partial charge in [-0.1, -0.05) is 45.2 Å². The smallest absolute Gasteiger partial charge is 0.126 e. The molecule has 0 fully saturated rings. The van der Waals surface area contributed by atoms with Gasteiger partial charge in [0.25, 0.3) is 0 Å². The van der Waals surface area contributed by atoms with E-state index >= 15 is 0 Å². The summed E-state index contributed by atoms with van der Waals surface area (Å²) in [5.41, 5.74) is 0.822. The minimum atomic E-state index is -0.954. The molecule has 5 heteroatoms. The highest BCUT2D eigenvalue weighted by Crippen LogP contribution is 2.32. The zero-order valence-electron chi connectivity index (χ0n) is 9.71. The van der Waals surface area contributed by atoms with Gasteiger partial charge >= 0.3 is 0 Å². The average Bonchev–Trinajstić information content (AvgIpc) is 2.33. The summed E-state index contributed by atoms with van der Waals surface area (Å²) in [6.45, 7) is 0. The summed E-state index contributed by atoms with van der Waals surface area (Å²) in [7, 11) is 0. The van der Waals surface area contributed by atoms with Crippen LogP contribution >= 0.6 is 39.1 Å². The average molecular weight is 364 g/mol. The molecule has 0 aliphatic heterocycles. The normalized spacial score (nSPS) is 12.5. The molecule has 0 heterocycles. The zero-order chi connectivity index (χ0) is 14.0. The van der Waals surface area contributed by atoms with Crippen LogP contribution in [0.3, 0.4) is 0 Å². The second-order valence-electron chi connectivity index (χ2n) is 4.09. The van der Waals surface area contributed by atoms with Crippen LogP contribution in [0.1, 0.15) is 17.2 Å². The lowest BCUT2D eigenvalue weighted by Crippen LogP contribution is -2.05. The molecule has 2 aromatic rings. The first kappa shape index (κ1) is 14.8. The van der Waals surface area contributed by atoms with Crippen LogP contribution in [-0.2, 0) is 6.42 Å². The van der Waals surface area contributed by atoms with Crippen molar-refractivity contribution in [1.29, 1.82) is 0 Å². The molecule has 0 aliphatic rings. The van der Waals surface area contributed by atoms with Gasteiger partial charge in [-0.25, -0.2) is 4.39 Å². The highest BCUT2D eigenvalue weighted by atomic mass is 79.9. The monoisotopic (exact) mass is 362 g/mol. The van der Waals surface area contributed by atoms with Crippen LogP contribution in [0.15, 0.2) is 40.9 Å². The van der Waals surface area contributed by atoms with Crippen LogP contribution in [0.2, 0.25) is 10.0 Å². The van der Waals surface area contributed by atoms with Crippen LogP contribution in [0.5, 0.6) is 0 Å². The Hall–Kier alpha value is -0.610. The molecule has 0 amide bonds. The van der Waals surface area contributed by atoms with Gasteiger partial charge in [-0.15, -0.1) is 0 Å². The Bertz CT molecular complexity index is 584. The maximum Gasteiger partial charge on any atom is 0.126 e. The van der Waals surface area contributed by atoms with E-state index in [2.05, 4.69) is 15.9 Å². The predicted molar refractivity (Wildman–Crippen MR) is 79.2 cm³/mol. The Morgan fingerprint density at radius 1 is 1.16 bits per heavy atom. The van der Waals surface area contributed by atoms with Gasteiger partial charge in [0.2, 0.25) is 0 Å². The highest BCUT2D eigenvalue weighted by Gasteiger charge is 2.17. The Morgan fingerprint density at radius 3 is 2.42 bits per heavy atom. The lowest BCUT2D eigenvalue weighted by Gasteiger charge is -2.15. The van der Waals surface area contributed by atoms with Crippen molar-refractivity contribution in [2.45, 2.75) is 12.5 Å². The largest absolute Gasteiger partial charge is 0.388 e. The Morgan fingerprint density at radius 2 is 1.79 bits per heavy atom. The van der Waals surface area contributed by atoms with E-state index in [-0.39, 0.29) is 12.2 Å². The molecule has 2 rings (SSSR count). The number of halogens is 4. The Kier molecular flexibility index (Phi) is 4.85. The number of hydrogen-bond acceptors (Lipinski definition) is 1. The van der Waals surface area contributed by atoms with Crippen LogP contribution in [-0.4, -0.2) is 5.11 Å². The number of aliphatic hydroxyl groups is 1. The third-order valence-corrected chi connectivity index (χ3v) is 3.91. The summed E-state index contributed by atoms with van der Waals surface area (Å²) in [6.07, 6.45) is -0.848. The first-order valence-electron chi connectivity index (χ1n) is 5.55. The number of hydrogen-bond donors (Lipinski definition) is 1. The third kappa shape index (κ3) is 3.48. The molecular weight excluding hydrogens is 354 g/mol. The van der Waals surface area contributed by atoms with E-state index in [1.807, 2.05) is 0 Å². The first-order chi connectivity index (χ1) is 8.99. The molecule has 2 aromatic carbocycles. The van der Waals surface area contributed by atoms with Gasteiger partial charge < -0.3 is 5.11 Å². The SMILES string of the molecule is OC(Cc1cc(Br)ccc1F)c1c(Cl)cccc1Cl. The van der Waals surface area contributed by atoms with Crippen LogP contribution in [0, 0.1) is 5.82 Å². The minimum absolute atomic E-state index is 0.106. The maximum absolute atomic E-state index is 13.6. The molecule has 1 atom stereocenters. The fourth-order valence-corrected chi connectivity index (χ4v) is 2.90. The van der Waals surface area contributed by atoms with Crippen molar-refractivity contribution >= 4 is 39.1 Å². The van der Waals surface area contributed by atoms with Gasteiger partial charge in [0, 0.05) is 26.5 Å². The molecule has 0 aliphatic carbocycles. The molecule has 1 nitrogen and oxygen atoms in total. The third-order valence-electron chi connectivity index (χ3n) is 2.75. The molecule has 19 heavy (non-hydrogen) atoms. The summed E-state index contributed by atoms with van der Waals surface area (Å²) in [5, 5.41) is 10.9.